The molecule has 1 aromatic carbocycles. The Balaban J connectivity index is 2.62. The zero-order chi connectivity index (χ0) is 12.8. The van der Waals surface area contributed by atoms with Crippen LogP contribution >= 0.6 is 15.9 Å². The Morgan fingerprint density at radius 1 is 1.41 bits per heavy atom. The van der Waals surface area contributed by atoms with Crippen LogP contribution in [0.5, 0.6) is 5.75 Å². The van der Waals surface area contributed by atoms with Gasteiger partial charge in [0.1, 0.15) is 5.75 Å². The van der Waals surface area contributed by atoms with Crippen LogP contribution in [0.25, 0.3) is 0 Å². The topological polar surface area (TPSA) is 26.3 Å². The third-order valence-electron chi connectivity index (χ3n) is 2.51. The third kappa shape index (κ3) is 4.90. The van der Waals surface area contributed by atoms with Crippen LogP contribution in [-0.4, -0.2) is 12.4 Å². The molecule has 0 aliphatic rings. The molecule has 0 aliphatic heterocycles. The summed E-state index contributed by atoms with van der Waals surface area (Å²) in [5.74, 6) is 1.40. The molecule has 0 heterocycles. The Hall–Kier alpha value is -0.830. The van der Waals surface area contributed by atoms with Crippen LogP contribution in [0.4, 0.5) is 0 Å². The molecule has 3 heteroatoms. The van der Waals surface area contributed by atoms with E-state index in [0.29, 0.717) is 23.8 Å². The van der Waals surface area contributed by atoms with Crippen molar-refractivity contribution in [3.8, 4) is 5.75 Å². The van der Waals surface area contributed by atoms with Crippen LogP contribution in [-0.2, 0) is 0 Å². The van der Waals surface area contributed by atoms with E-state index in [2.05, 4.69) is 29.8 Å². The number of hydrogen-bond donors (Lipinski definition) is 0. The summed E-state index contributed by atoms with van der Waals surface area (Å²) in [7, 11) is 0. The van der Waals surface area contributed by atoms with Crippen molar-refractivity contribution in [1.29, 1.82) is 0 Å². The summed E-state index contributed by atoms with van der Waals surface area (Å²) in [5.41, 5.74) is 0.651. The zero-order valence-electron chi connectivity index (χ0n) is 10.6. The molecule has 0 fully saturated rings. The van der Waals surface area contributed by atoms with E-state index in [1.54, 1.807) is 13.0 Å². The molecule has 0 saturated carbocycles. The maximum atomic E-state index is 11.4. The van der Waals surface area contributed by atoms with Crippen molar-refractivity contribution in [3.63, 3.8) is 0 Å². The summed E-state index contributed by atoms with van der Waals surface area (Å²) in [5, 5.41) is 0. The van der Waals surface area contributed by atoms with Crippen molar-refractivity contribution in [3.05, 3.63) is 28.2 Å². The smallest absolute Gasteiger partial charge is 0.163 e. The predicted octanol–water partition coefficient (Wildman–Crippen LogP) is 4.47. The molecule has 0 N–H and O–H groups in total. The van der Waals surface area contributed by atoms with Crippen LogP contribution < -0.4 is 4.74 Å². The Bertz CT molecular complexity index is 386. The van der Waals surface area contributed by atoms with Gasteiger partial charge in [-0.15, -0.1) is 0 Å². The van der Waals surface area contributed by atoms with Crippen molar-refractivity contribution in [2.24, 2.45) is 5.92 Å². The number of benzene rings is 1. The molecule has 1 rings (SSSR count). The number of Topliss-reactive ketones (excluding diaryl/α,β-unsaturated/α-hetero) is 1. The van der Waals surface area contributed by atoms with E-state index in [0.717, 1.165) is 17.3 Å². The molecule has 0 spiro atoms. The van der Waals surface area contributed by atoms with Crippen LogP contribution in [0.1, 0.15) is 44.0 Å². The van der Waals surface area contributed by atoms with Gasteiger partial charge in [0.15, 0.2) is 5.78 Å². The highest BCUT2D eigenvalue weighted by molar-refractivity contribution is 9.10. The minimum absolute atomic E-state index is 0.0383. The standard InChI is InChI=1S/C14H19BrO2/c1-10(2)5-4-8-17-14-9-12(15)6-7-13(14)11(3)16/h6-7,9-10H,4-5,8H2,1-3H3. The van der Waals surface area contributed by atoms with Crippen molar-refractivity contribution >= 4 is 21.7 Å². The Morgan fingerprint density at radius 2 is 2.12 bits per heavy atom. The van der Waals surface area contributed by atoms with Gasteiger partial charge in [-0.1, -0.05) is 29.8 Å². The second-order valence-corrected chi connectivity index (χ2v) is 5.50. The summed E-state index contributed by atoms with van der Waals surface area (Å²) in [6.45, 7) is 6.61. The molecule has 94 valence electrons. The monoisotopic (exact) mass is 298 g/mol. The maximum absolute atomic E-state index is 11.4. The molecule has 0 aromatic heterocycles. The van der Waals surface area contributed by atoms with E-state index in [1.807, 2.05) is 12.1 Å². The number of ether oxygens (including phenoxy) is 1. The van der Waals surface area contributed by atoms with Gasteiger partial charge >= 0.3 is 0 Å². The fraction of sp³-hybridized carbons (Fsp3) is 0.500. The predicted molar refractivity (Wildman–Crippen MR) is 73.7 cm³/mol. The SMILES string of the molecule is CC(=O)c1ccc(Br)cc1OCCCC(C)C. The lowest BCUT2D eigenvalue weighted by atomic mass is 10.1. The molecule has 0 amide bonds. The van der Waals surface area contributed by atoms with E-state index in [9.17, 15) is 4.79 Å². The zero-order valence-corrected chi connectivity index (χ0v) is 12.2. The van der Waals surface area contributed by atoms with Gasteiger partial charge in [-0.2, -0.15) is 0 Å². The fourth-order valence-electron chi connectivity index (χ4n) is 1.58. The summed E-state index contributed by atoms with van der Waals surface area (Å²) in [6, 6.07) is 5.51. The average Bonchev–Trinajstić information content (AvgIpc) is 2.23. The largest absolute Gasteiger partial charge is 0.493 e. The van der Waals surface area contributed by atoms with Gasteiger partial charge in [0.2, 0.25) is 0 Å². The summed E-state index contributed by atoms with van der Waals surface area (Å²) >= 11 is 3.39. The second kappa shape index (κ2) is 6.80. The molecular weight excluding hydrogens is 280 g/mol. The first-order chi connectivity index (χ1) is 8.00. The molecule has 2 nitrogen and oxygen atoms in total. The Morgan fingerprint density at radius 3 is 2.71 bits per heavy atom. The van der Waals surface area contributed by atoms with Crippen molar-refractivity contribution in [2.45, 2.75) is 33.6 Å². The molecule has 0 bridgehead atoms. The number of carbonyl (C=O) groups excluding carboxylic acids is 1. The summed E-state index contributed by atoms with van der Waals surface area (Å²) < 4.78 is 6.61. The van der Waals surface area contributed by atoms with Gasteiger partial charge in [-0.05, 0) is 43.9 Å². The number of hydrogen-bond acceptors (Lipinski definition) is 2. The third-order valence-corrected chi connectivity index (χ3v) is 3.00. The van der Waals surface area contributed by atoms with Crippen molar-refractivity contribution < 1.29 is 9.53 Å². The van der Waals surface area contributed by atoms with E-state index in [1.165, 1.54) is 0 Å². The quantitative estimate of drug-likeness (QED) is 0.572. The van der Waals surface area contributed by atoms with Gasteiger partial charge in [0, 0.05) is 4.47 Å². The lowest BCUT2D eigenvalue weighted by molar-refractivity contribution is 0.101. The first-order valence-corrected chi connectivity index (χ1v) is 6.73. The van der Waals surface area contributed by atoms with E-state index >= 15 is 0 Å². The molecule has 1 aromatic rings. The highest BCUT2D eigenvalue weighted by Gasteiger charge is 2.08. The number of rotatable bonds is 6. The molecular formula is C14H19BrO2. The first-order valence-electron chi connectivity index (χ1n) is 5.94. The molecule has 17 heavy (non-hydrogen) atoms. The van der Waals surface area contributed by atoms with Gasteiger partial charge < -0.3 is 4.74 Å². The molecule has 0 aliphatic carbocycles. The van der Waals surface area contributed by atoms with Crippen LogP contribution in [0, 0.1) is 5.92 Å². The van der Waals surface area contributed by atoms with Crippen LogP contribution in [0.3, 0.4) is 0 Å². The van der Waals surface area contributed by atoms with E-state index in [-0.39, 0.29) is 5.78 Å². The fourth-order valence-corrected chi connectivity index (χ4v) is 1.92. The van der Waals surface area contributed by atoms with Crippen molar-refractivity contribution in [2.75, 3.05) is 6.61 Å². The first kappa shape index (κ1) is 14.2. The highest BCUT2D eigenvalue weighted by atomic mass is 79.9. The lowest BCUT2D eigenvalue weighted by Gasteiger charge is -2.11. The average molecular weight is 299 g/mol. The lowest BCUT2D eigenvalue weighted by Crippen LogP contribution is -2.04. The molecule has 0 radical (unpaired) electrons. The molecule has 0 saturated heterocycles. The summed E-state index contributed by atoms with van der Waals surface area (Å²) in [4.78, 5) is 11.4. The molecule has 0 unspecified atom stereocenters. The van der Waals surface area contributed by atoms with Gasteiger partial charge in [-0.3, -0.25) is 4.79 Å². The molecule has 0 atom stereocenters. The van der Waals surface area contributed by atoms with Gasteiger partial charge in [-0.25, -0.2) is 0 Å². The maximum Gasteiger partial charge on any atom is 0.163 e. The normalized spacial score (nSPS) is 10.6. The highest BCUT2D eigenvalue weighted by Crippen LogP contribution is 2.24. The van der Waals surface area contributed by atoms with Gasteiger partial charge in [0.25, 0.3) is 0 Å². The second-order valence-electron chi connectivity index (χ2n) is 4.58. The number of ketones is 1. The number of halogens is 1. The minimum atomic E-state index is 0.0383. The summed E-state index contributed by atoms with van der Waals surface area (Å²) in [6.07, 6.45) is 2.16. The van der Waals surface area contributed by atoms with Crippen LogP contribution in [0.2, 0.25) is 0 Å². The van der Waals surface area contributed by atoms with E-state index in [4.69, 9.17) is 4.74 Å². The number of carbonyl (C=O) groups is 1. The van der Waals surface area contributed by atoms with Crippen LogP contribution in [0.15, 0.2) is 22.7 Å². The van der Waals surface area contributed by atoms with Gasteiger partial charge in [0.05, 0.1) is 12.2 Å². The minimum Gasteiger partial charge on any atom is -0.493 e. The van der Waals surface area contributed by atoms with E-state index < -0.39 is 0 Å². The Kier molecular flexibility index (Phi) is 5.69. The Labute approximate surface area is 111 Å². The van der Waals surface area contributed by atoms with Crippen molar-refractivity contribution in [1.82, 2.24) is 0 Å².